The Hall–Kier alpha value is -2.23. The normalized spacial score (nSPS) is 10.4. The van der Waals surface area contributed by atoms with E-state index in [1.54, 1.807) is 24.3 Å². The van der Waals surface area contributed by atoms with Gasteiger partial charge in [-0.05, 0) is 24.3 Å². The van der Waals surface area contributed by atoms with E-state index in [-0.39, 0.29) is 11.5 Å². The van der Waals surface area contributed by atoms with Gasteiger partial charge in [-0.1, -0.05) is 30.3 Å². The Morgan fingerprint density at radius 1 is 0.889 bits per heavy atom. The summed E-state index contributed by atoms with van der Waals surface area (Å²) in [5.74, 6) is -0.117. The first-order valence-electron chi connectivity index (χ1n) is 5.31. The van der Waals surface area contributed by atoms with E-state index in [0.717, 1.165) is 0 Å². The average Bonchev–Trinajstić information content (AvgIpc) is 2.39. The minimum absolute atomic E-state index is 0.0367. The number of halogens is 2. The second kappa shape index (κ2) is 5.40. The fourth-order valence-electron chi connectivity index (χ4n) is 1.54. The molecule has 2 aromatic rings. The molecule has 0 heterocycles. The van der Waals surface area contributed by atoms with Gasteiger partial charge in [-0.3, -0.25) is 4.79 Å². The Bertz CT molecular complexity index is 521. The van der Waals surface area contributed by atoms with Crippen LogP contribution in [0.15, 0.2) is 54.6 Å². The van der Waals surface area contributed by atoms with Crippen molar-refractivity contribution in [2.75, 3.05) is 0 Å². The van der Waals surface area contributed by atoms with Gasteiger partial charge in [0.25, 0.3) is 0 Å². The minimum Gasteiger partial charge on any atom is -0.435 e. The van der Waals surface area contributed by atoms with Crippen molar-refractivity contribution in [3.63, 3.8) is 0 Å². The lowest BCUT2D eigenvalue weighted by Crippen LogP contribution is -2.03. The lowest BCUT2D eigenvalue weighted by molar-refractivity contribution is -0.0498. The van der Waals surface area contributed by atoms with E-state index >= 15 is 0 Å². The van der Waals surface area contributed by atoms with Gasteiger partial charge in [-0.15, -0.1) is 0 Å². The molecule has 0 N–H and O–H groups in total. The molecule has 0 aliphatic carbocycles. The number of hydrogen-bond acceptors (Lipinski definition) is 2. The first-order valence-corrected chi connectivity index (χ1v) is 5.31. The summed E-state index contributed by atoms with van der Waals surface area (Å²) in [6, 6.07) is 14.4. The van der Waals surface area contributed by atoms with E-state index < -0.39 is 6.61 Å². The molecule has 0 saturated heterocycles. The topological polar surface area (TPSA) is 26.3 Å². The van der Waals surface area contributed by atoms with Crippen LogP contribution in [0.25, 0.3) is 0 Å². The van der Waals surface area contributed by atoms with Gasteiger partial charge in [0.05, 0.1) is 0 Å². The summed E-state index contributed by atoms with van der Waals surface area (Å²) in [5, 5.41) is 0. The first kappa shape index (κ1) is 12.2. The number of alkyl halides is 2. The molecule has 2 nitrogen and oxygen atoms in total. The maximum absolute atomic E-state index is 12.0. The molecule has 0 spiro atoms. The molecule has 0 unspecified atom stereocenters. The second-order valence-corrected chi connectivity index (χ2v) is 3.60. The molecule has 2 rings (SSSR count). The van der Waals surface area contributed by atoms with Crippen LogP contribution >= 0.6 is 0 Å². The summed E-state index contributed by atoms with van der Waals surface area (Å²) in [7, 11) is 0. The zero-order valence-electron chi connectivity index (χ0n) is 9.35. The van der Waals surface area contributed by atoms with Gasteiger partial charge in [0, 0.05) is 11.1 Å². The molecular formula is C14H10F2O2. The minimum atomic E-state index is -2.86. The van der Waals surface area contributed by atoms with Crippen LogP contribution in [0.4, 0.5) is 8.78 Å². The number of carbonyl (C=O) groups excluding carboxylic acids is 1. The van der Waals surface area contributed by atoms with Gasteiger partial charge in [-0.25, -0.2) is 0 Å². The quantitative estimate of drug-likeness (QED) is 0.774. The highest BCUT2D eigenvalue weighted by Gasteiger charge is 2.09. The predicted molar refractivity (Wildman–Crippen MR) is 62.9 cm³/mol. The number of hydrogen-bond donors (Lipinski definition) is 0. The van der Waals surface area contributed by atoms with E-state index in [1.165, 1.54) is 24.3 Å². The predicted octanol–water partition coefficient (Wildman–Crippen LogP) is 3.52. The lowest BCUT2D eigenvalue weighted by atomic mass is 10.0. The third-order valence-corrected chi connectivity index (χ3v) is 2.38. The summed E-state index contributed by atoms with van der Waals surface area (Å²) in [4.78, 5) is 12.0. The van der Waals surface area contributed by atoms with Gasteiger partial charge in [0.1, 0.15) is 5.75 Å². The molecule has 0 radical (unpaired) electrons. The van der Waals surface area contributed by atoms with Crippen molar-refractivity contribution in [2.24, 2.45) is 0 Å². The summed E-state index contributed by atoms with van der Waals surface area (Å²) in [5.41, 5.74) is 0.989. The third-order valence-electron chi connectivity index (χ3n) is 2.38. The van der Waals surface area contributed by atoms with Crippen LogP contribution in [0.5, 0.6) is 5.75 Å². The Morgan fingerprint density at radius 2 is 1.44 bits per heavy atom. The van der Waals surface area contributed by atoms with E-state index in [4.69, 9.17) is 0 Å². The Morgan fingerprint density at radius 3 is 2.00 bits per heavy atom. The number of ketones is 1. The zero-order chi connectivity index (χ0) is 13.0. The molecule has 0 amide bonds. The maximum atomic E-state index is 12.0. The van der Waals surface area contributed by atoms with Crippen LogP contribution in [-0.2, 0) is 0 Å². The first-order chi connectivity index (χ1) is 8.66. The number of carbonyl (C=O) groups is 1. The highest BCUT2D eigenvalue weighted by Crippen LogP contribution is 2.17. The Balaban J connectivity index is 2.17. The highest BCUT2D eigenvalue weighted by molar-refractivity contribution is 6.08. The van der Waals surface area contributed by atoms with Crippen molar-refractivity contribution in [1.29, 1.82) is 0 Å². The number of benzene rings is 2. The standard InChI is InChI=1S/C14H10F2O2/c15-14(16)18-12-8-6-11(7-9-12)13(17)10-4-2-1-3-5-10/h1-9,14H. The van der Waals surface area contributed by atoms with Crippen LogP contribution in [0.1, 0.15) is 15.9 Å². The van der Waals surface area contributed by atoms with Gasteiger partial charge in [0.15, 0.2) is 5.78 Å². The molecule has 0 aliphatic heterocycles. The molecule has 0 fully saturated rings. The van der Waals surface area contributed by atoms with Crippen molar-refractivity contribution >= 4 is 5.78 Å². The summed E-state index contributed by atoms with van der Waals surface area (Å²) in [6.07, 6.45) is 0. The van der Waals surface area contributed by atoms with Crippen LogP contribution in [0, 0.1) is 0 Å². The van der Waals surface area contributed by atoms with Gasteiger partial charge < -0.3 is 4.74 Å². The van der Waals surface area contributed by atoms with Crippen molar-refractivity contribution in [2.45, 2.75) is 6.61 Å². The summed E-state index contributed by atoms with van der Waals surface area (Å²) in [6.45, 7) is -2.86. The molecule has 92 valence electrons. The molecule has 0 bridgehead atoms. The van der Waals surface area contributed by atoms with Crippen LogP contribution in [0.2, 0.25) is 0 Å². The molecule has 4 heteroatoms. The van der Waals surface area contributed by atoms with E-state index in [2.05, 4.69) is 4.74 Å². The molecule has 18 heavy (non-hydrogen) atoms. The zero-order valence-corrected chi connectivity index (χ0v) is 9.35. The van der Waals surface area contributed by atoms with E-state index in [9.17, 15) is 13.6 Å². The lowest BCUT2D eigenvalue weighted by Gasteiger charge is -2.05. The number of rotatable bonds is 4. The summed E-state index contributed by atoms with van der Waals surface area (Å²) < 4.78 is 28.1. The largest absolute Gasteiger partial charge is 0.435 e. The van der Waals surface area contributed by atoms with E-state index in [1.807, 2.05) is 6.07 Å². The molecule has 2 aromatic carbocycles. The smallest absolute Gasteiger partial charge is 0.387 e. The highest BCUT2D eigenvalue weighted by atomic mass is 19.3. The molecule has 0 atom stereocenters. The van der Waals surface area contributed by atoms with Gasteiger partial charge in [0.2, 0.25) is 0 Å². The fraction of sp³-hybridized carbons (Fsp3) is 0.0714. The Labute approximate surface area is 103 Å². The van der Waals surface area contributed by atoms with Gasteiger partial charge in [-0.2, -0.15) is 8.78 Å². The van der Waals surface area contributed by atoms with Crippen molar-refractivity contribution < 1.29 is 18.3 Å². The summed E-state index contributed by atoms with van der Waals surface area (Å²) >= 11 is 0. The van der Waals surface area contributed by atoms with Crippen molar-refractivity contribution in [3.05, 3.63) is 65.7 Å². The maximum Gasteiger partial charge on any atom is 0.387 e. The molecule has 0 saturated carbocycles. The van der Waals surface area contributed by atoms with Crippen LogP contribution in [0.3, 0.4) is 0 Å². The second-order valence-electron chi connectivity index (χ2n) is 3.60. The van der Waals surface area contributed by atoms with Crippen LogP contribution < -0.4 is 4.74 Å². The van der Waals surface area contributed by atoms with Crippen molar-refractivity contribution in [3.8, 4) is 5.75 Å². The van der Waals surface area contributed by atoms with E-state index in [0.29, 0.717) is 11.1 Å². The Kier molecular flexibility index (Phi) is 3.67. The third kappa shape index (κ3) is 2.91. The van der Waals surface area contributed by atoms with Gasteiger partial charge >= 0.3 is 6.61 Å². The molecule has 0 aromatic heterocycles. The molecule has 0 aliphatic rings. The monoisotopic (exact) mass is 248 g/mol. The molecular weight excluding hydrogens is 238 g/mol. The fourth-order valence-corrected chi connectivity index (χ4v) is 1.54. The number of ether oxygens (including phenoxy) is 1. The SMILES string of the molecule is O=C(c1ccccc1)c1ccc(OC(F)F)cc1. The van der Waals surface area contributed by atoms with Crippen LogP contribution in [-0.4, -0.2) is 12.4 Å². The average molecular weight is 248 g/mol. The van der Waals surface area contributed by atoms with Crippen molar-refractivity contribution in [1.82, 2.24) is 0 Å².